The molecule has 1 rings (SSSR count). The molecule has 6 heteroatoms. The monoisotopic (exact) mass is 254 g/mol. The molecule has 1 aromatic rings. The minimum atomic E-state index is -0.204. The number of aromatic nitrogens is 2. The number of hydrogen-bond donors (Lipinski definition) is 3. The molecule has 4 N–H and O–H groups in total. The van der Waals surface area contributed by atoms with Crippen LogP contribution in [0.15, 0.2) is 6.20 Å². The van der Waals surface area contributed by atoms with Crippen LogP contribution >= 0.6 is 0 Å². The molecule has 0 radical (unpaired) electrons. The number of aliphatic hydroxyl groups excluding tert-OH is 1. The van der Waals surface area contributed by atoms with Gasteiger partial charge in [-0.1, -0.05) is 6.92 Å². The molecule has 0 aliphatic carbocycles. The van der Waals surface area contributed by atoms with E-state index in [1.165, 1.54) is 0 Å². The summed E-state index contributed by atoms with van der Waals surface area (Å²) in [7, 11) is 0. The number of nitrogens with two attached hydrogens (primary N) is 1. The number of nitrogens with one attached hydrogen (secondary N) is 1. The van der Waals surface area contributed by atoms with Gasteiger partial charge in [-0.25, -0.2) is 0 Å². The summed E-state index contributed by atoms with van der Waals surface area (Å²) in [6.45, 7) is 5.04. The first-order valence-corrected chi connectivity index (χ1v) is 6.28. The molecular weight excluding hydrogens is 232 g/mol. The molecule has 0 fully saturated rings. The number of carbonyl (C=O) groups excluding carboxylic acids is 1. The summed E-state index contributed by atoms with van der Waals surface area (Å²) in [6.07, 6.45) is 3.09. The summed E-state index contributed by atoms with van der Waals surface area (Å²) < 4.78 is 1.78. The number of rotatable bonds is 7. The van der Waals surface area contributed by atoms with Crippen molar-refractivity contribution in [1.29, 1.82) is 0 Å². The second-order valence-corrected chi connectivity index (χ2v) is 4.27. The highest BCUT2D eigenvalue weighted by molar-refractivity contribution is 5.95. The van der Waals surface area contributed by atoms with E-state index in [9.17, 15) is 4.79 Å². The fraction of sp³-hybridized carbons (Fsp3) is 0.667. The lowest BCUT2D eigenvalue weighted by Crippen LogP contribution is -2.37. The van der Waals surface area contributed by atoms with Crippen LogP contribution in [0, 0.1) is 6.92 Å². The molecule has 0 aromatic carbocycles. The average Bonchev–Trinajstić information content (AvgIpc) is 2.74. The van der Waals surface area contributed by atoms with Gasteiger partial charge in [0.15, 0.2) is 0 Å². The third-order valence-corrected chi connectivity index (χ3v) is 2.97. The maximum Gasteiger partial charge on any atom is 0.255 e. The zero-order chi connectivity index (χ0) is 13.5. The van der Waals surface area contributed by atoms with Crippen LogP contribution in [0.1, 0.15) is 35.8 Å². The topological polar surface area (TPSA) is 93.2 Å². The molecular formula is C12H22N4O2. The first kappa shape index (κ1) is 14.7. The van der Waals surface area contributed by atoms with Crippen molar-refractivity contribution in [2.75, 3.05) is 13.2 Å². The van der Waals surface area contributed by atoms with Gasteiger partial charge in [0.25, 0.3) is 5.91 Å². The number of hydrogen-bond acceptors (Lipinski definition) is 4. The minimum Gasteiger partial charge on any atom is -0.394 e. The van der Waals surface area contributed by atoms with Gasteiger partial charge in [0.05, 0.1) is 24.4 Å². The molecule has 0 saturated heterocycles. The number of aryl methyl sites for hydroxylation is 1. The second kappa shape index (κ2) is 7.13. The van der Waals surface area contributed by atoms with Crippen LogP contribution < -0.4 is 11.1 Å². The van der Waals surface area contributed by atoms with Gasteiger partial charge in [-0.3, -0.25) is 9.48 Å². The molecule has 102 valence electrons. The third kappa shape index (κ3) is 3.54. The molecule has 1 heterocycles. The Labute approximate surface area is 107 Å². The zero-order valence-electron chi connectivity index (χ0n) is 11.0. The molecule has 18 heavy (non-hydrogen) atoms. The Hall–Kier alpha value is -1.40. The van der Waals surface area contributed by atoms with Crippen molar-refractivity contribution in [2.24, 2.45) is 5.73 Å². The van der Waals surface area contributed by atoms with Crippen molar-refractivity contribution in [2.45, 2.75) is 39.3 Å². The van der Waals surface area contributed by atoms with Gasteiger partial charge in [0, 0.05) is 12.2 Å². The van der Waals surface area contributed by atoms with E-state index in [1.54, 1.807) is 10.9 Å². The lowest BCUT2D eigenvalue weighted by molar-refractivity contribution is 0.0914. The summed E-state index contributed by atoms with van der Waals surface area (Å²) in [5, 5.41) is 16.0. The quantitative estimate of drug-likeness (QED) is 0.640. The van der Waals surface area contributed by atoms with Gasteiger partial charge in [0.2, 0.25) is 0 Å². The highest BCUT2D eigenvalue weighted by atomic mass is 16.3. The predicted octanol–water partition coefficient (Wildman–Crippen LogP) is 0.0410. The van der Waals surface area contributed by atoms with E-state index in [0.29, 0.717) is 25.1 Å². The molecule has 0 unspecified atom stereocenters. The van der Waals surface area contributed by atoms with Crippen molar-refractivity contribution in [3.05, 3.63) is 17.5 Å². The van der Waals surface area contributed by atoms with Gasteiger partial charge in [-0.15, -0.1) is 0 Å². The Morgan fingerprint density at radius 3 is 2.94 bits per heavy atom. The van der Waals surface area contributed by atoms with Gasteiger partial charge in [-0.2, -0.15) is 5.10 Å². The Bertz CT molecular complexity index is 385. The van der Waals surface area contributed by atoms with Crippen molar-refractivity contribution < 1.29 is 9.90 Å². The van der Waals surface area contributed by atoms with Crippen LogP contribution in [-0.2, 0) is 6.54 Å². The van der Waals surface area contributed by atoms with Crippen LogP contribution in [0.5, 0.6) is 0 Å². The van der Waals surface area contributed by atoms with Gasteiger partial charge < -0.3 is 16.2 Å². The number of aliphatic hydroxyl groups is 1. The number of carbonyl (C=O) groups is 1. The van der Waals surface area contributed by atoms with Crippen molar-refractivity contribution in [3.63, 3.8) is 0 Å². The number of nitrogens with zero attached hydrogens (tertiary/aromatic N) is 2. The Balaban J connectivity index is 2.71. The highest BCUT2D eigenvalue weighted by Crippen LogP contribution is 2.08. The van der Waals surface area contributed by atoms with Crippen LogP contribution in [0.4, 0.5) is 0 Å². The fourth-order valence-corrected chi connectivity index (χ4v) is 1.68. The molecule has 0 aliphatic rings. The van der Waals surface area contributed by atoms with E-state index in [1.807, 2.05) is 13.8 Å². The van der Waals surface area contributed by atoms with Gasteiger partial charge in [0.1, 0.15) is 0 Å². The summed E-state index contributed by atoms with van der Waals surface area (Å²) in [4.78, 5) is 12.0. The summed E-state index contributed by atoms with van der Waals surface area (Å²) in [5.41, 5.74) is 6.83. The normalized spacial score (nSPS) is 12.4. The predicted molar refractivity (Wildman–Crippen MR) is 69.3 cm³/mol. The standard InChI is InChI=1S/C12H22N4O2/c1-3-10(8-17)15-12(18)11-7-14-16(9(11)2)6-4-5-13/h7,10,17H,3-6,8,13H2,1-2H3,(H,15,18)/t10-/m1/s1. The van der Waals surface area contributed by atoms with Gasteiger partial charge >= 0.3 is 0 Å². The van der Waals surface area contributed by atoms with E-state index < -0.39 is 0 Å². The Morgan fingerprint density at radius 1 is 1.67 bits per heavy atom. The molecule has 0 aliphatic heterocycles. The fourth-order valence-electron chi connectivity index (χ4n) is 1.68. The first-order valence-electron chi connectivity index (χ1n) is 6.28. The molecule has 6 nitrogen and oxygen atoms in total. The van der Waals surface area contributed by atoms with E-state index in [2.05, 4.69) is 10.4 Å². The minimum absolute atomic E-state index is 0.0530. The lowest BCUT2D eigenvalue weighted by atomic mass is 10.2. The largest absolute Gasteiger partial charge is 0.394 e. The van der Waals surface area contributed by atoms with Crippen molar-refractivity contribution in [3.8, 4) is 0 Å². The van der Waals surface area contributed by atoms with E-state index in [4.69, 9.17) is 10.8 Å². The lowest BCUT2D eigenvalue weighted by Gasteiger charge is -2.13. The first-order chi connectivity index (χ1) is 8.63. The van der Waals surface area contributed by atoms with Crippen LogP contribution in [0.25, 0.3) is 0 Å². The molecule has 0 spiro atoms. The van der Waals surface area contributed by atoms with Gasteiger partial charge in [-0.05, 0) is 26.3 Å². The van der Waals surface area contributed by atoms with E-state index in [0.717, 1.165) is 12.1 Å². The molecule has 1 atom stereocenters. The molecule has 1 aromatic heterocycles. The smallest absolute Gasteiger partial charge is 0.255 e. The molecule has 1 amide bonds. The SMILES string of the molecule is CC[C@H](CO)NC(=O)c1cnn(CCCN)c1C. The van der Waals surface area contributed by atoms with Crippen LogP contribution in [0.2, 0.25) is 0 Å². The highest BCUT2D eigenvalue weighted by Gasteiger charge is 2.16. The maximum absolute atomic E-state index is 12.0. The van der Waals surface area contributed by atoms with Crippen LogP contribution in [-0.4, -0.2) is 40.0 Å². The molecule has 0 saturated carbocycles. The second-order valence-electron chi connectivity index (χ2n) is 4.27. The van der Waals surface area contributed by atoms with Crippen molar-refractivity contribution >= 4 is 5.91 Å². The van der Waals surface area contributed by atoms with Crippen molar-refractivity contribution in [1.82, 2.24) is 15.1 Å². The zero-order valence-corrected chi connectivity index (χ0v) is 11.0. The third-order valence-electron chi connectivity index (χ3n) is 2.97. The average molecular weight is 254 g/mol. The van der Waals surface area contributed by atoms with E-state index in [-0.39, 0.29) is 18.6 Å². The Morgan fingerprint density at radius 2 is 2.39 bits per heavy atom. The number of amides is 1. The maximum atomic E-state index is 12.0. The summed E-state index contributed by atoms with van der Waals surface area (Å²) in [6, 6.07) is -0.204. The summed E-state index contributed by atoms with van der Waals surface area (Å²) >= 11 is 0. The molecule has 0 bridgehead atoms. The van der Waals surface area contributed by atoms with E-state index >= 15 is 0 Å². The Kier molecular flexibility index (Phi) is 5.80. The summed E-state index contributed by atoms with van der Waals surface area (Å²) in [5.74, 6) is -0.188. The van der Waals surface area contributed by atoms with Crippen LogP contribution in [0.3, 0.4) is 0 Å².